The number of ether oxygens (including phenoxy) is 1. The van der Waals surface area contributed by atoms with Crippen LogP contribution in [0.15, 0.2) is 30.9 Å². The van der Waals surface area contributed by atoms with Crippen molar-refractivity contribution >= 4 is 5.65 Å². The zero-order valence-electron chi connectivity index (χ0n) is 21.7. The Morgan fingerprint density at radius 3 is 2.58 bits per heavy atom. The molecule has 0 radical (unpaired) electrons. The van der Waals surface area contributed by atoms with Crippen LogP contribution >= 0.6 is 0 Å². The second-order valence-corrected chi connectivity index (χ2v) is 10.8. The Hall–Kier alpha value is -3.26. The average molecular weight is 486 g/mol. The van der Waals surface area contributed by atoms with Crippen molar-refractivity contribution in [3.63, 3.8) is 0 Å². The second kappa shape index (κ2) is 9.32. The fourth-order valence-corrected chi connectivity index (χ4v) is 5.68. The molecule has 5 heterocycles. The number of nitrogens with zero attached hydrogens (tertiary/aromatic N) is 6. The molecule has 0 aromatic carbocycles. The Balaban J connectivity index is 1.30. The number of aromatic nitrogens is 6. The molecule has 0 amide bonds. The lowest BCUT2D eigenvalue weighted by molar-refractivity contribution is 0.204. The molecule has 6 rings (SSSR count). The molecule has 1 aliphatic carbocycles. The summed E-state index contributed by atoms with van der Waals surface area (Å²) in [4.78, 5) is 11.9. The molecule has 0 spiro atoms. The molecule has 36 heavy (non-hydrogen) atoms. The Bertz CT molecular complexity index is 1380. The number of nitrogens with one attached hydrogen (secondary N) is 1. The van der Waals surface area contributed by atoms with E-state index >= 15 is 0 Å². The van der Waals surface area contributed by atoms with Crippen LogP contribution in [0.2, 0.25) is 0 Å². The van der Waals surface area contributed by atoms with Crippen molar-refractivity contribution in [1.82, 2.24) is 34.7 Å². The van der Waals surface area contributed by atoms with E-state index < -0.39 is 0 Å². The van der Waals surface area contributed by atoms with Gasteiger partial charge in [-0.2, -0.15) is 10.2 Å². The minimum absolute atomic E-state index is 0.253. The van der Waals surface area contributed by atoms with E-state index in [1.165, 1.54) is 62.8 Å². The normalized spacial score (nSPS) is 17.4. The van der Waals surface area contributed by atoms with Crippen molar-refractivity contribution in [3.05, 3.63) is 47.5 Å². The molecule has 2 fully saturated rings. The van der Waals surface area contributed by atoms with Gasteiger partial charge in [0.15, 0.2) is 11.4 Å². The molecule has 0 bridgehead atoms. The molecule has 2 aliphatic rings. The molecule has 8 nitrogen and oxygen atoms in total. The first-order chi connectivity index (χ1) is 17.5. The number of rotatable bonds is 7. The van der Waals surface area contributed by atoms with Crippen LogP contribution in [0.1, 0.15) is 68.1 Å². The lowest BCUT2D eigenvalue weighted by Crippen LogP contribution is -2.34. The monoisotopic (exact) mass is 485 g/mol. The first-order valence-corrected chi connectivity index (χ1v) is 13.2. The van der Waals surface area contributed by atoms with Gasteiger partial charge in [0.1, 0.15) is 6.33 Å². The third kappa shape index (κ3) is 4.28. The number of likely N-dealkylation sites (tertiary alicyclic amines) is 1. The minimum atomic E-state index is 0.253. The number of aryl methyl sites for hydroxylation is 1. The molecule has 0 unspecified atom stereocenters. The second-order valence-electron chi connectivity index (χ2n) is 10.8. The van der Waals surface area contributed by atoms with Crippen LogP contribution in [0.4, 0.5) is 0 Å². The van der Waals surface area contributed by atoms with E-state index in [9.17, 15) is 0 Å². The number of aromatic amines is 1. The van der Waals surface area contributed by atoms with Gasteiger partial charge in [-0.05, 0) is 80.6 Å². The van der Waals surface area contributed by atoms with Gasteiger partial charge in [-0.1, -0.05) is 19.9 Å². The van der Waals surface area contributed by atoms with Crippen molar-refractivity contribution in [1.29, 1.82) is 0 Å². The van der Waals surface area contributed by atoms with Gasteiger partial charge in [0.2, 0.25) is 0 Å². The highest BCUT2D eigenvalue weighted by Crippen LogP contribution is 2.38. The Kier molecular flexibility index (Phi) is 5.99. The van der Waals surface area contributed by atoms with E-state index in [2.05, 4.69) is 53.1 Å². The van der Waals surface area contributed by atoms with Gasteiger partial charge in [0.05, 0.1) is 24.2 Å². The standard InChI is InChI=1S/C28H35N7O/c1-17(2)24-26(22-12-23(36-4)28-30-16-31-35(28)15-22)32-33-27(24)25-18(3)11-21(13-29-25)20-7-9-34(10-8-20)14-19-5-6-19/h11-13,15-17,19-20H,5-10,14H2,1-4H3,(H,32,33). The number of methoxy groups -OCH3 is 1. The number of fused-ring (bicyclic) bond motifs is 1. The van der Waals surface area contributed by atoms with Gasteiger partial charge in [-0.3, -0.25) is 10.1 Å². The highest BCUT2D eigenvalue weighted by Gasteiger charge is 2.28. The molecule has 1 N–H and O–H groups in total. The third-order valence-corrected chi connectivity index (χ3v) is 7.82. The summed E-state index contributed by atoms with van der Waals surface area (Å²) < 4.78 is 7.32. The summed E-state index contributed by atoms with van der Waals surface area (Å²) >= 11 is 0. The zero-order valence-corrected chi connectivity index (χ0v) is 21.7. The maximum absolute atomic E-state index is 5.58. The SMILES string of the molecule is COc1cc(-c2n[nH]c(-c3ncc(C4CCN(CC5CC5)CC4)cc3C)c2C(C)C)cn2ncnc12. The average Bonchev–Trinajstić information content (AvgIpc) is 3.38. The Morgan fingerprint density at radius 1 is 1.08 bits per heavy atom. The van der Waals surface area contributed by atoms with Crippen molar-refractivity contribution in [2.75, 3.05) is 26.7 Å². The maximum atomic E-state index is 5.58. The van der Waals surface area contributed by atoms with Crippen LogP contribution in [-0.4, -0.2) is 61.4 Å². The number of hydrogen-bond donors (Lipinski definition) is 1. The van der Waals surface area contributed by atoms with Crippen LogP contribution in [0.25, 0.3) is 28.3 Å². The molecule has 8 heteroatoms. The van der Waals surface area contributed by atoms with Gasteiger partial charge in [-0.25, -0.2) is 9.50 Å². The summed E-state index contributed by atoms with van der Waals surface area (Å²) in [6, 6.07) is 4.33. The molecular weight excluding hydrogens is 450 g/mol. The highest BCUT2D eigenvalue weighted by molar-refractivity contribution is 5.76. The van der Waals surface area contributed by atoms with Crippen molar-refractivity contribution < 1.29 is 4.74 Å². The van der Waals surface area contributed by atoms with Crippen molar-refractivity contribution in [2.24, 2.45) is 5.92 Å². The molecule has 4 aromatic heterocycles. The van der Waals surface area contributed by atoms with Gasteiger partial charge < -0.3 is 9.64 Å². The largest absolute Gasteiger partial charge is 0.493 e. The summed E-state index contributed by atoms with van der Waals surface area (Å²) in [6.45, 7) is 10.3. The zero-order chi connectivity index (χ0) is 24.8. The first-order valence-electron chi connectivity index (χ1n) is 13.2. The summed E-state index contributed by atoms with van der Waals surface area (Å²) in [5.74, 6) is 2.50. The highest BCUT2D eigenvalue weighted by atomic mass is 16.5. The maximum Gasteiger partial charge on any atom is 0.197 e. The predicted octanol–water partition coefficient (Wildman–Crippen LogP) is 5.21. The third-order valence-electron chi connectivity index (χ3n) is 7.82. The summed E-state index contributed by atoms with van der Waals surface area (Å²) in [5.41, 5.74) is 8.18. The van der Waals surface area contributed by atoms with Crippen LogP contribution in [0.5, 0.6) is 5.75 Å². The Labute approximate surface area is 212 Å². The van der Waals surface area contributed by atoms with Crippen LogP contribution < -0.4 is 4.74 Å². The van der Waals surface area contributed by atoms with E-state index in [0.29, 0.717) is 17.3 Å². The van der Waals surface area contributed by atoms with Gasteiger partial charge in [-0.15, -0.1) is 0 Å². The van der Waals surface area contributed by atoms with Crippen molar-refractivity contribution in [2.45, 2.75) is 58.3 Å². The fraction of sp³-hybridized carbons (Fsp3) is 0.500. The van der Waals surface area contributed by atoms with E-state index in [1.54, 1.807) is 11.6 Å². The molecule has 188 valence electrons. The number of pyridine rings is 2. The molecule has 0 atom stereocenters. The van der Waals surface area contributed by atoms with E-state index in [4.69, 9.17) is 14.8 Å². The van der Waals surface area contributed by atoms with Crippen LogP contribution in [0, 0.1) is 12.8 Å². The quantitative estimate of drug-likeness (QED) is 0.387. The van der Waals surface area contributed by atoms with Gasteiger partial charge in [0.25, 0.3) is 0 Å². The molecule has 1 saturated carbocycles. The van der Waals surface area contributed by atoms with Crippen LogP contribution in [0.3, 0.4) is 0 Å². The summed E-state index contributed by atoms with van der Waals surface area (Å²) in [7, 11) is 1.65. The number of hydrogen-bond acceptors (Lipinski definition) is 6. The fourth-order valence-electron chi connectivity index (χ4n) is 5.68. The topological polar surface area (TPSA) is 84.2 Å². The minimum Gasteiger partial charge on any atom is -0.493 e. The molecule has 1 aliphatic heterocycles. The summed E-state index contributed by atoms with van der Waals surface area (Å²) in [5, 5.41) is 12.4. The molecule has 1 saturated heterocycles. The van der Waals surface area contributed by atoms with Gasteiger partial charge in [0, 0.05) is 30.1 Å². The van der Waals surface area contributed by atoms with E-state index in [-0.39, 0.29) is 5.92 Å². The Morgan fingerprint density at radius 2 is 1.89 bits per heavy atom. The predicted molar refractivity (Wildman–Crippen MR) is 140 cm³/mol. The van der Waals surface area contributed by atoms with Crippen LogP contribution in [-0.2, 0) is 0 Å². The van der Waals surface area contributed by atoms with E-state index in [0.717, 1.165) is 34.1 Å². The summed E-state index contributed by atoms with van der Waals surface area (Å²) in [6.07, 6.45) is 10.9. The number of H-pyrrole nitrogens is 1. The molecular formula is C28H35N7O. The first kappa shape index (κ1) is 23.2. The van der Waals surface area contributed by atoms with Gasteiger partial charge >= 0.3 is 0 Å². The number of piperidine rings is 1. The smallest absolute Gasteiger partial charge is 0.197 e. The van der Waals surface area contributed by atoms with Crippen molar-refractivity contribution in [3.8, 4) is 28.4 Å². The lowest BCUT2D eigenvalue weighted by atomic mass is 9.88. The molecule has 4 aromatic rings. The lowest BCUT2D eigenvalue weighted by Gasteiger charge is -2.32. The van der Waals surface area contributed by atoms with E-state index in [1.807, 2.05) is 12.3 Å².